The van der Waals surface area contributed by atoms with Gasteiger partial charge in [0.25, 0.3) is 0 Å². The van der Waals surface area contributed by atoms with Crippen LogP contribution in [-0.4, -0.2) is 36.0 Å². The largest absolute Gasteiger partial charge is 0.395 e. The van der Waals surface area contributed by atoms with Crippen molar-refractivity contribution in [1.82, 2.24) is 14.5 Å². The molecular formula is C13H17N3O3S. The Hall–Kier alpha value is -1.70. The third-order valence-electron chi connectivity index (χ3n) is 2.80. The normalized spacial score (nSPS) is 13.3. The van der Waals surface area contributed by atoms with E-state index in [9.17, 15) is 8.42 Å². The van der Waals surface area contributed by atoms with E-state index in [1.165, 1.54) is 17.1 Å². The SMILES string of the molecule is Cc1ccc(-n2cc(S(=O)(=O)N[C@H](C)CO)cn2)cc1. The second-order valence-electron chi connectivity index (χ2n) is 4.66. The third kappa shape index (κ3) is 3.24. The smallest absolute Gasteiger partial charge is 0.244 e. The molecule has 0 saturated heterocycles. The van der Waals surface area contributed by atoms with Crippen molar-refractivity contribution in [2.24, 2.45) is 0 Å². The first-order valence-corrected chi connectivity index (χ1v) is 7.65. The van der Waals surface area contributed by atoms with Crippen molar-refractivity contribution in [2.75, 3.05) is 6.61 Å². The molecule has 0 aliphatic carbocycles. The molecule has 1 heterocycles. The molecule has 0 unspecified atom stereocenters. The van der Waals surface area contributed by atoms with Crippen molar-refractivity contribution in [3.05, 3.63) is 42.2 Å². The van der Waals surface area contributed by atoms with Crippen molar-refractivity contribution in [2.45, 2.75) is 24.8 Å². The van der Waals surface area contributed by atoms with Gasteiger partial charge in [0.15, 0.2) is 0 Å². The zero-order valence-electron chi connectivity index (χ0n) is 11.3. The van der Waals surface area contributed by atoms with E-state index in [1.807, 2.05) is 31.2 Å². The lowest BCUT2D eigenvalue weighted by Gasteiger charge is -2.09. The molecule has 6 nitrogen and oxygen atoms in total. The van der Waals surface area contributed by atoms with Crippen LogP contribution in [0.1, 0.15) is 12.5 Å². The highest BCUT2D eigenvalue weighted by atomic mass is 32.2. The topological polar surface area (TPSA) is 84.2 Å². The fourth-order valence-corrected chi connectivity index (χ4v) is 2.82. The van der Waals surface area contributed by atoms with Gasteiger partial charge in [-0.3, -0.25) is 0 Å². The van der Waals surface area contributed by atoms with Crippen LogP contribution < -0.4 is 4.72 Å². The number of hydrogen-bond acceptors (Lipinski definition) is 4. The molecule has 20 heavy (non-hydrogen) atoms. The van der Waals surface area contributed by atoms with Crippen LogP contribution in [0.15, 0.2) is 41.6 Å². The Kier molecular flexibility index (Phi) is 4.22. The molecule has 1 atom stereocenters. The van der Waals surface area contributed by atoms with Crippen molar-refractivity contribution < 1.29 is 13.5 Å². The molecule has 1 aromatic carbocycles. The van der Waals surface area contributed by atoms with E-state index < -0.39 is 16.1 Å². The van der Waals surface area contributed by atoms with Crippen LogP contribution in [0.2, 0.25) is 0 Å². The van der Waals surface area contributed by atoms with Gasteiger partial charge in [-0.15, -0.1) is 0 Å². The Labute approximate surface area is 118 Å². The van der Waals surface area contributed by atoms with E-state index in [1.54, 1.807) is 6.92 Å². The standard InChI is InChI=1S/C13H17N3O3S/c1-10-3-5-12(6-4-10)16-8-13(7-14-16)20(18,19)15-11(2)9-17/h3-8,11,15,17H,9H2,1-2H3/t11-/m1/s1. The highest BCUT2D eigenvalue weighted by molar-refractivity contribution is 7.89. The Balaban J connectivity index is 2.27. The van der Waals surface area contributed by atoms with Gasteiger partial charge in [0.2, 0.25) is 10.0 Å². The lowest BCUT2D eigenvalue weighted by molar-refractivity contribution is 0.265. The number of aliphatic hydroxyl groups excluding tert-OH is 1. The fourth-order valence-electron chi connectivity index (χ4n) is 1.65. The van der Waals surface area contributed by atoms with Gasteiger partial charge in [0.1, 0.15) is 4.90 Å². The quantitative estimate of drug-likeness (QED) is 0.856. The molecule has 2 aromatic rings. The molecule has 2 rings (SSSR count). The number of benzene rings is 1. The first-order chi connectivity index (χ1) is 9.42. The van der Waals surface area contributed by atoms with E-state index in [-0.39, 0.29) is 11.5 Å². The fraction of sp³-hybridized carbons (Fsp3) is 0.308. The highest BCUT2D eigenvalue weighted by Gasteiger charge is 2.19. The molecule has 0 aliphatic heterocycles. The van der Waals surface area contributed by atoms with Crippen LogP contribution in [0.5, 0.6) is 0 Å². The van der Waals surface area contributed by atoms with Crippen molar-refractivity contribution in [1.29, 1.82) is 0 Å². The summed E-state index contributed by atoms with van der Waals surface area (Å²) in [5.41, 5.74) is 1.90. The van der Waals surface area contributed by atoms with Gasteiger partial charge < -0.3 is 5.11 Å². The molecule has 0 radical (unpaired) electrons. The number of aromatic nitrogens is 2. The Morgan fingerprint density at radius 1 is 1.35 bits per heavy atom. The van der Waals surface area contributed by atoms with Crippen LogP contribution in [0, 0.1) is 6.92 Å². The molecule has 0 amide bonds. The molecule has 0 spiro atoms. The first kappa shape index (κ1) is 14.7. The van der Waals surface area contributed by atoms with Crippen LogP contribution >= 0.6 is 0 Å². The van der Waals surface area contributed by atoms with E-state index in [0.29, 0.717) is 0 Å². The predicted molar refractivity (Wildman–Crippen MR) is 75.2 cm³/mol. The summed E-state index contributed by atoms with van der Waals surface area (Å²) in [6, 6.07) is 7.04. The third-order valence-corrected chi connectivity index (χ3v) is 4.34. The average molecular weight is 295 g/mol. The molecule has 0 bridgehead atoms. The summed E-state index contributed by atoms with van der Waals surface area (Å²) in [5.74, 6) is 0. The monoisotopic (exact) mass is 295 g/mol. The molecule has 7 heteroatoms. The maximum Gasteiger partial charge on any atom is 0.244 e. The maximum atomic E-state index is 12.0. The number of aryl methyl sites for hydroxylation is 1. The number of sulfonamides is 1. The van der Waals surface area contributed by atoms with Crippen molar-refractivity contribution in [3.63, 3.8) is 0 Å². The zero-order chi connectivity index (χ0) is 14.8. The molecule has 2 N–H and O–H groups in total. The minimum absolute atomic E-state index is 0.0679. The van der Waals surface area contributed by atoms with E-state index in [4.69, 9.17) is 5.11 Å². The van der Waals surface area contributed by atoms with Gasteiger partial charge in [0.05, 0.1) is 24.7 Å². The number of rotatable bonds is 5. The zero-order valence-corrected chi connectivity index (χ0v) is 12.1. The predicted octanol–water partition coefficient (Wildman–Crippen LogP) is 0.840. The summed E-state index contributed by atoms with van der Waals surface area (Å²) in [5, 5.41) is 13.0. The van der Waals surface area contributed by atoms with E-state index in [0.717, 1.165) is 11.3 Å². The Bertz CT molecular complexity index is 677. The van der Waals surface area contributed by atoms with Gasteiger partial charge >= 0.3 is 0 Å². The van der Waals surface area contributed by atoms with Gasteiger partial charge in [-0.25, -0.2) is 17.8 Å². The lowest BCUT2D eigenvalue weighted by atomic mass is 10.2. The highest BCUT2D eigenvalue weighted by Crippen LogP contribution is 2.13. The molecule has 0 fully saturated rings. The second kappa shape index (κ2) is 5.74. The summed E-state index contributed by atoms with van der Waals surface area (Å²) in [6.07, 6.45) is 2.73. The minimum atomic E-state index is -3.66. The summed E-state index contributed by atoms with van der Waals surface area (Å²) in [6.45, 7) is 3.30. The van der Waals surface area contributed by atoms with Gasteiger partial charge in [-0.05, 0) is 26.0 Å². The average Bonchev–Trinajstić information content (AvgIpc) is 2.89. The van der Waals surface area contributed by atoms with Crippen molar-refractivity contribution >= 4 is 10.0 Å². The first-order valence-electron chi connectivity index (χ1n) is 6.17. The number of nitrogens with zero attached hydrogens (tertiary/aromatic N) is 2. The summed E-state index contributed by atoms with van der Waals surface area (Å²) < 4.78 is 27.9. The van der Waals surface area contributed by atoms with Crippen LogP contribution in [-0.2, 0) is 10.0 Å². The number of nitrogens with one attached hydrogen (secondary N) is 1. The number of hydrogen-bond donors (Lipinski definition) is 2. The van der Waals surface area contributed by atoms with Gasteiger partial charge in [-0.1, -0.05) is 17.7 Å². The molecule has 0 saturated carbocycles. The van der Waals surface area contributed by atoms with E-state index in [2.05, 4.69) is 9.82 Å². The molecule has 108 valence electrons. The number of aliphatic hydroxyl groups is 1. The van der Waals surface area contributed by atoms with E-state index >= 15 is 0 Å². The summed E-state index contributed by atoms with van der Waals surface area (Å²) in [7, 11) is -3.66. The van der Waals surface area contributed by atoms with Gasteiger partial charge in [0, 0.05) is 6.04 Å². The Morgan fingerprint density at radius 2 is 2.00 bits per heavy atom. The Morgan fingerprint density at radius 3 is 2.60 bits per heavy atom. The van der Waals surface area contributed by atoms with Crippen LogP contribution in [0.25, 0.3) is 5.69 Å². The second-order valence-corrected chi connectivity index (χ2v) is 6.38. The summed E-state index contributed by atoms with van der Waals surface area (Å²) >= 11 is 0. The summed E-state index contributed by atoms with van der Waals surface area (Å²) in [4.78, 5) is 0.0679. The van der Waals surface area contributed by atoms with Gasteiger partial charge in [-0.2, -0.15) is 5.10 Å². The lowest BCUT2D eigenvalue weighted by Crippen LogP contribution is -2.34. The molecule has 1 aromatic heterocycles. The van der Waals surface area contributed by atoms with Crippen LogP contribution in [0.3, 0.4) is 0 Å². The molecule has 0 aliphatic rings. The van der Waals surface area contributed by atoms with Crippen molar-refractivity contribution in [3.8, 4) is 5.69 Å². The van der Waals surface area contributed by atoms with Crippen LogP contribution in [0.4, 0.5) is 0 Å². The molecular weight excluding hydrogens is 278 g/mol. The maximum absolute atomic E-state index is 12.0. The minimum Gasteiger partial charge on any atom is -0.395 e.